The van der Waals surface area contributed by atoms with E-state index in [1.165, 1.54) is 24.3 Å². The number of hydrogen-bond acceptors (Lipinski definition) is 4. The molecule has 1 aliphatic rings. The van der Waals surface area contributed by atoms with E-state index in [2.05, 4.69) is 5.32 Å². The number of thioether (sulfide) groups is 1. The molecule has 1 N–H and O–H groups in total. The quantitative estimate of drug-likeness (QED) is 0.723. The van der Waals surface area contributed by atoms with E-state index in [1.807, 2.05) is 0 Å². The summed E-state index contributed by atoms with van der Waals surface area (Å²) in [6.07, 6.45) is 1.73. The summed E-state index contributed by atoms with van der Waals surface area (Å²) >= 11 is 6.70. The fraction of sp³-hybridized carbons (Fsp3) is 0.150. The number of nitrogens with zero attached hydrogens (tertiary/aromatic N) is 1. The Morgan fingerprint density at radius 2 is 1.79 bits per heavy atom. The molecule has 0 saturated carbocycles. The van der Waals surface area contributed by atoms with Crippen LogP contribution in [0.15, 0.2) is 53.4 Å². The topological polar surface area (TPSA) is 66.5 Å². The number of nitrogens with one attached hydrogen (secondary N) is 1. The number of halogens is 2. The third-order valence-electron chi connectivity index (χ3n) is 3.98. The summed E-state index contributed by atoms with van der Waals surface area (Å²) in [6.45, 7) is 0.226. The van der Waals surface area contributed by atoms with Crippen molar-refractivity contribution < 1.29 is 18.8 Å². The number of hydrogen-bond donors (Lipinski definition) is 1. The summed E-state index contributed by atoms with van der Waals surface area (Å²) in [4.78, 5) is 37.9. The number of benzene rings is 2. The van der Waals surface area contributed by atoms with E-state index < -0.39 is 5.91 Å². The van der Waals surface area contributed by atoms with E-state index in [0.29, 0.717) is 15.5 Å². The van der Waals surface area contributed by atoms with Crippen LogP contribution in [0, 0.1) is 5.82 Å². The molecule has 144 valence electrons. The molecule has 28 heavy (non-hydrogen) atoms. The normalized spacial score (nSPS) is 15.4. The second-order valence-corrected chi connectivity index (χ2v) is 7.47. The fourth-order valence-corrected chi connectivity index (χ4v) is 3.55. The van der Waals surface area contributed by atoms with Crippen molar-refractivity contribution in [3.8, 4) is 0 Å². The van der Waals surface area contributed by atoms with Crippen molar-refractivity contribution in [2.75, 3.05) is 13.1 Å². The molecule has 2 aromatic carbocycles. The standard InChI is InChI=1S/C20H16ClFN2O3S/c21-15-5-1-13(2-6-15)11-17-19(26)24(20(27)28-17)10-9-23-18(25)12-14-3-7-16(22)8-4-14/h1-8,11H,9-10,12H2,(H,23,25). The SMILES string of the molecule is O=C(Cc1ccc(F)cc1)NCCN1C(=O)SC(=Cc2ccc(Cl)cc2)C1=O. The van der Waals surface area contributed by atoms with Crippen LogP contribution in [0.25, 0.3) is 6.08 Å². The van der Waals surface area contributed by atoms with Crippen molar-refractivity contribution in [3.63, 3.8) is 0 Å². The lowest BCUT2D eigenvalue weighted by atomic mass is 10.1. The maximum atomic E-state index is 12.9. The minimum Gasteiger partial charge on any atom is -0.354 e. The van der Waals surface area contributed by atoms with E-state index in [1.54, 1.807) is 30.3 Å². The van der Waals surface area contributed by atoms with Gasteiger partial charge in [0.2, 0.25) is 5.91 Å². The maximum absolute atomic E-state index is 12.9. The summed E-state index contributed by atoms with van der Waals surface area (Å²) in [6, 6.07) is 12.6. The van der Waals surface area contributed by atoms with Gasteiger partial charge in [-0.2, -0.15) is 0 Å². The van der Waals surface area contributed by atoms with Crippen molar-refractivity contribution in [2.45, 2.75) is 6.42 Å². The number of carbonyl (C=O) groups excluding carboxylic acids is 3. The Labute approximate surface area is 170 Å². The first-order valence-electron chi connectivity index (χ1n) is 8.44. The van der Waals surface area contributed by atoms with Gasteiger partial charge in [0.15, 0.2) is 0 Å². The molecule has 1 aliphatic heterocycles. The van der Waals surface area contributed by atoms with Crippen LogP contribution in [-0.2, 0) is 16.0 Å². The second-order valence-electron chi connectivity index (χ2n) is 6.04. The highest BCUT2D eigenvalue weighted by atomic mass is 35.5. The van der Waals surface area contributed by atoms with Crippen LogP contribution < -0.4 is 5.32 Å². The molecule has 0 radical (unpaired) electrons. The number of carbonyl (C=O) groups is 3. The molecule has 0 aliphatic carbocycles. The van der Waals surface area contributed by atoms with E-state index in [4.69, 9.17) is 11.6 Å². The molecule has 0 unspecified atom stereocenters. The minimum atomic E-state index is -0.391. The van der Waals surface area contributed by atoms with Crippen LogP contribution in [0.3, 0.4) is 0 Å². The highest BCUT2D eigenvalue weighted by Crippen LogP contribution is 2.32. The average Bonchev–Trinajstić information content (AvgIpc) is 2.93. The molecule has 8 heteroatoms. The lowest BCUT2D eigenvalue weighted by Gasteiger charge is -2.13. The zero-order chi connectivity index (χ0) is 20.1. The molecule has 3 amide bonds. The van der Waals surface area contributed by atoms with Crippen LogP contribution >= 0.6 is 23.4 Å². The molecule has 3 rings (SSSR count). The Hall–Kier alpha value is -2.64. The molecule has 2 aromatic rings. The van der Waals surface area contributed by atoms with E-state index >= 15 is 0 Å². The van der Waals surface area contributed by atoms with Crippen molar-refractivity contribution in [1.82, 2.24) is 10.2 Å². The largest absolute Gasteiger partial charge is 0.354 e. The first kappa shape index (κ1) is 20.1. The molecule has 1 fully saturated rings. The molecule has 0 atom stereocenters. The monoisotopic (exact) mass is 418 g/mol. The summed E-state index contributed by atoms with van der Waals surface area (Å²) in [5, 5.41) is 2.87. The number of rotatable bonds is 6. The van der Waals surface area contributed by atoms with Crippen LogP contribution in [0.4, 0.5) is 9.18 Å². The van der Waals surface area contributed by atoms with Gasteiger partial charge in [0.05, 0.1) is 11.3 Å². The van der Waals surface area contributed by atoms with Gasteiger partial charge in [-0.15, -0.1) is 0 Å². The Kier molecular flexibility index (Phi) is 6.49. The zero-order valence-electron chi connectivity index (χ0n) is 14.7. The van der Waals surface area contributed by atoms with Gasteiger partial charge in [0.1, 0.15) is 5.82 Å². The molecule has 0 bridgehead atoms. The Bertz CT molecular complexity index is 929. The maximum Gasteiger partial charge on any atom is 0.293 e. The van der Waals surface area contributed by atoms with E-state index in [9.17, 15) is 18.8 Å². The van der Waals surface area contributed by atoms with Gasteiger partial charge in [-0.3, -0.25) is 19.3 Å². The summed E-state index contributed by atoms with van der Waals surface area (Å²) < 4.78 is 12.9. The molecule has 1 saturated heterocycles. The van der Waals surface area contributed by atoms with Gasteiger partial charge in [-0.1, -0.05) is 35.9 Å². The first-order chi connectivity index (χ1) is 13.4. The molecular formula is C20H16ClFN2O3S. The van der Waals surface area contributed by atoms with Gasteiger partial charge >= 0.3 is 0 Å². The minimum absolute atomic E-state index is 0.0811. The third kappa shape index (κ3) is 5.21. The number of imide groups is 1. The van der Waals surface area contributed by atoms with Gasteiger partial charge in [-0.25, -0.2) is 4.39 Å². The number of amides is 3. The van der Waals surface area contributed by atoms with Crippen LogP contribution in [0.5, 0.6) is 0 Å². The summed E-state index contributed by atoms with van der Waals surface area (Å²) in [5.74, 6) is -1.02. The average molecular weight is 419 g/mol. The predicted octanol–water partition coefficient (Wildman–Crippen LogP) is 3.87. The molecular weight excluding hydrogens is 403 g/mol. The summed E-state index contributed by atoms with van der Waals surface area (Å²) in [7, 11) is 0. The lowest BCUT2D eigenvalue weighted by molar-refractivity contribution is -0.124. The van der Waals surface area contributed by atoms with E-state index in [-0.39, 0.29) is 36.5 Å². The van der Waals surface area contributed by atoms with Crippen molar-refractivity contribution in [1.29, 1.82) is 0 Å². The first-order valence-corrected chi connectivity index (χ1v) is 9.64. The lowest BCUT2D eigenvalue weighted by Crippen LogP contribution is -2.37. The van der Waals surface area contributed by atoms with Crippen molar-refractivity contribution in [2.24, 2.45) is 0 Å². The third-order valence-corrected chi connectivity index (χ3v) is 5.14. The van der Waals surface area contributed by atoms with Crippen molar-refractivity contribution >= 4 is 46.5 Å². The fourth-order valence-electron chi connectivity index (χ4n) is 2.56. The molecule has 0 aromatic heterocycles. The Morgan fingerprint density at radius 3 is 2.46 bits per heavy atom. The zero-order valence-corrected chi connectivity index (χ0v) is 16.2. The predicted molar refractivity (Wildman–Crippen MR) is 107 cm³/mol. The van der Waals surface area contributed by atoms with Gasteiger partial charge < -0.3 is 5.32 Å². The Morgan fingerprint density at radius 1 is 1.11 bits per heavy atom. The van der Waals surface area contributed by atoms with Gasteiger partial charge in [0, 0.05) is 18.1 Å². The van der Waals surface area contributed by atoms with E-state index in [0.717, 1.165) is 22.2 Å². The highest BCUT2D eigenvalue weighted by molar-refractivity contribution is 8.18. The Balaban J connectivity index is 1.52. The van der Waals surface area contributed by atoms with Crippen LogP contribution in [-0.4, -0.2) is 35.0 Å². The molecule has 5 nitrogen and oxygen atoms in total. The van der Waals surface area contributed by atoms with Crippen LogP contribution in [0.2, 0.25) is 5.02 Å². The smallest absolute Gasteiger partial charge is 0.293 e. The highest BCUT2D eigenvalue weighted by Gasteiger charge is 2.34. The molecule has 1 heterocycles. The molecule has 0 spiro atoms. The van der Waals surface area contributed by atoms with Gasteiger partial charge in [0.25, 0.3) is 11.1 Å². The van der Waals surface area contributed by atoms with Crippen molar-refractivity contribution in [3.05, 3.63) is 75.4 Å². The second kappa shape index (κ2) is 9.03. The van der Waals surface area contributed by atoms with Crippen LogP contribution in [0.1, 0.15) is 11.1 Å². The summed E-state index contributed by atoms with van der Waals surface area (Å²) in [5.41, 5.74) is 1.44. The van der Waals surface area contributed by atoms with Gasteiger partial charge in [-0.05, 0) is 53.2 Å².